The van der Waals surface area contributed by atoms with Crippen LogP contribution in [0.3, 0.4) is 0 Å². The van der Waals surface area contributed by atoms with Crippen LogP contribution in [0, 0.1) is 0 Å². The van der Waals surface area contributed by atoms with E-state index in [9.17, 15) is 4.79 Å². The van der Waals surface area contributed by atoms with Gasteiger partial charge in [0, 0.05) is 23.7 Å². The van der Waals surface area contributed by atoms with Gasteiger partial charge in [-0.2, -0.15) is 5.10 Å². The van der Waals surface area contributed by atoms with Crippen LogP contribution in [-0.4, -0.2) is 31.7 Å². The molecule has 32 heavy (non-hydrogen) atoms. The minimum Gasteiger partial charge on any atom is -0.457 e. The fourth-order valence-electron chi connectivity index (χ4n) is 3.87. The van der Waals surface area contributed by atoms with Crippen molar-refractivity contribution in [2.24, 2.45) is 0 Å². The van der Waals surface area contributed by atoms with Gasteiger partial charge >= 0.3 is 0 Å². The molecule has 1 aliphatic heterocycles. The van der Waals surface area contributed by atoms with Crippen LogP contribution < -0.4 is 15.8 Å². The summed E-state index contributed by atoms with van der Waals surface area (Å²) in [5.74, 6) is 1.80. The molecular weight excluding hydrogens is 404 g/mol. The number of carbonyl (C=O) groups excluding carboxylic acids is 1. The van der Waals surface area contributed by atoms with Crippen LogP contribution in [0.25, 0.3) is 22.3 Å². The van der Waals surface area contributed by atoms with Crippen LogP contribution in [0.15, 0.2) is 73.1 Å². The molecule has 0 saturated carbocycles. The van der Waals surface area contributed by atoms with E-state index >= 15 is 0 Å². The molecule has 2 aromatic carbocycles. The molecule has 3 heterocycles. The van der Waals surface area contributed by atoms with Crippen molar-refractivity contribution in [2.45, 2.75) is 25.4 Å². The normalized spacial score (nSPS) is 15.8. The molecule has 1 unspecified atom stereocenters. The van der Waals surface area contributed by atoms with Gasteiger partial charge in [0.1, 0.15) is 29.3 Å². The molecule has 1 aliphatic rings. The van der Waals surface area contributed by atoms with Crippen molar-refractivity contribution in [3.63, 3.8) is 0 Å². The number of aryl methyl sites for hydroxylation is 1. The van der Waals surface area contributed by atoms with Crippen LogP contribution in [-0.2, 0) is 11.3 Å². The molecular formula is C24H22N6O2. The lowest BCUT2D eigenvalue weighted by Crippen LogP contribution is -2.26. The van der Waals surface area contributed by atoms with E-state index in [-0.39, 0.29) is 11.9 Å². The fraction of sp³-hybridized carbons (Fsp3) is 0.167. The van der Waals surface area contributed by atoms with Gasteiger partial charge < -0.3 is 15.8 Å². The zero-order valence-corrected chi connectivity index (χ0v) is 17.4. The maximum atomic E-state index is 11.7. The number of nitrogens with one attached hydrogen (secondary N) is 1. The molecule has 0 bridgehead atoms. The number of anilines is 1. The number of benzene rings is 2. The average molecular weight is 426 g/mol. The number of nitrogen functional groups attached to an aromatic ring is 1. The van der Waals surface area contributed by atoms with Gasteiger partial charge in [0.25, 0.3) is 0 Å². The summed E-state index contributed by atoms with van der Waals surface area (Å²) in [6.45, 7) is 4.38. The molecule has 1 saturated heterocycles. The highest BCUT2D eigenvalue weighted by Crippen LogP contribution is 2.32. The van der Waals surface area contributed by atoms with Crippen LogP contribution >= 0.6 is 0 Å². The summed E-state index contributed by atoms with van der Waals surface area (Å²) >= 11 is 0. The summed E-state index contributed by atoms with van der Waals surface area (Å²) in [4.78, 5) is 20.3. The Kier molecular flexibility index (Phi) is 5.03. The van der Waals surface area contributed by atoms with E-state index in [2.05, 4.69) is 21.9 Å². The lowest BCUT2D eigenvalue weighted by Gasteiger charge is -2.09. The minimum absolute atomic E-state index is 0.0475. The van der Waals surface area contributed by atoms with E-state index < -0.39 is 0 Å². The zero-order valence-electron chi connectivity index (χ0n) is 17.4. The third-order valence-electron chi connectivity index (χ3n) is 5.50. The standard InChI is InChI=1S/C24H22N6O2/c1-15-13-17(28-24(15)31)11-12-30-23-20(22(25)26-14-27-23)21(29-30)16-7-9-19(10-8-16)32-18-5-3-2-4-6-18/h2-10,14,17H,1,11-13H2,(H,28,31)(H2,25,26,27). The number of rotatable bonds is 6. The Hall–Kier alpha value is -4.20. The number of hydrogen-bond donors (Lipinski definition) is 2. The van der Waals surface area contributed by atoms with Crippen molar-refractivity contribution in [1.29, 1.82) is 0 Å². The summed E-state index contributed by atoms with van der Waals surface area (Å²) in [6.07, 6.45) is 2.80. The lowest BCUT2D eigenvalue weighted by molar-refractivity contribution is -0.116. The Morgan fingerprint density at radius 1 is 1.09 bits per heavy atom. The topological polar surface area (TPSA) is 108 Å². The van der Waals surface area contributed by atoms with Gasteiger partial charge in [-0.05, 0) is 49.2 Å². The maximum absolute atomic E-state index is 11.7. The number of nitrogens with two attached hydrogens (primary N) is 1. The Bertz CT molecular complexity index is 1280. The van der Waals surface area contributed by atoms with E-state index in [4.69, 9.17) is 15.6 Å². The van der Waals surface area contributed by atoms with Crippen molar-refractivity contribution >= 4 is 22.8 Å². The van der Waals surface area contributed by atoms with E-state index in [1.165, 1.54) is 6.33 Å². The highest BCUT2D eigenvalue weighted by molar-refractivity contribution is 5.98. The maximum Gasteiger partial charge on any atom is 0.246 e. The van der Waals surface area contributed by atoms with Gasteiger partial charge in [0.05, 0.1) is 5.39 Å². The van der Waals surface area contributed by atoms with Gasteiger partial charge in [-0.3, -0.25) is 4.79 Å². The number of para-hydroxylation sites is 1. The molecule has 8 heteroatoms. The number of fused-ring (bicyclic) bond motifs is 1. The first kappa shape index (κ1) is 19.7. The smallest absolute Gasteiger partial charge is 0.246 e. The van der Waals surface area contributed by atoms with Crippen LogP contribution in [0.5, 0.6) is 11.5 Å². The zero-order chi connectivity index (χ0) is 22.1. The molecule has 5 rings (SSSR count). The lowest BCUT2D eigenvalue weighted by atomic mass is 10.1. The largest absolute Gasteiger partial charge is 0.457 e. The third kappa shape index (κ3) is 3.78. The predicted molar refractivity (Wildman–Crippen MR) is 122 cm³/mol. The van der Waals surface area contributed by atoms with Gasteiger partial charge in [-0.15, -0.1) is 0 Å². The summed E-state index contributed by atoms with van der Waals surface area (Å²) in [5, 5.41) is 8.45. The van der Waals surface area contributed by atoms with E-state index in [0.717, 1.165) is 23.5 Å². The summed E-state index contributed by atoms with van der Waals surface area (Å²) in [6, 6.07) is 17.3. The monoisotopic (exact) mass is 426 g/mol. The van der Waals surface area contributed by atoms with Gasteiger partial charge in [-0.25, -0.2) is 14.6 Å². The Morgan fingerprint density at radius 3 is 2.56 bits per heavy atom. The molecule has 2 aromatic heterocycles. The van der Waals surface area contributed by atoms with Crippen molar-refractivity contribution in [3.05, 3.63) is 73.1 Å². The van der Waals surface area contributed by atoms with Crippen molar-refractivity contribution in [3.8, 4) is 22.8 Å². The number of hydrogen-bond acceptors (Lipinski definition) is 6. The molecule has 1 fully saturated rings. The van der Waals surface area contributed by atoms with Gasteiger partial charge in [0.15, 0.2) is 5.65 Å². The summed E-state index contributed by atoms with van der Waals surface area (Å²) in [5.41, 5.74) is 9.08. The van der Waals surface area contributed by atoms with Crippen LogP contribution in [0.1, 0.15) is 12.8 Å². The minimum atomic E-state index is -0.0783. The van der Waals surface area contributed by atoms with E-state index in [1.54, 1.807) is 0 Å². The molecule has 8 nitrogen and oxygen atoms in total. The van der Waals surface area contributed by atoms with Gasteiger partial charge in [-0.1, -0.05) is 24.8 Å². The molecule has 3 N–H and O–H groups in total. The average Bonchev–Trinajstić information content (AvgIpc) is 3.34. The van der Waals surface area contributed by atoms with Crippen LogP contribution in [0.4, 0.5) is 5.82 Å². The number of nitrogens with zero attached hydrogens (tertiary/aromatic N) is 4. The molecule has 0 spiro atoms. The highest BCUT2D eigenvalue weighted by Gasteiger charge is 2.25. The summed E-state index contributed by atoms with van der Waals surface area (Å²) in [7, 11) is 0. The second-order valence-corrected chi connectivity index (χ2v) is 7.74. The first-order valence-corrected chi connectivity index (χ1v) is 10.4. The Morgan fingerprint density at radius 2 is 1.84 bits per heavy atom. The SMILES string of the molecule is C=C1CC(CCn2nc(-c3ccc(Oc4ccccc4)cc3)c3c(N)ncnc32)NC1=O. The molecule has 1 atom stereocenters. The highest BCUT2D eigenvalue weighted by atomic mass is 16.5. The van der Waals surface area contributed by atoms with Crippen molar-refractivity contribution in [2.75, 3.05) is 5.73 Å². The number of carbonyl (C=O) groups is 1. The fourth-order valence-corrected chi connectivity index (χ4v) is 3.87. The first-order valence-electron chi connectivity index (χ1n) is 10.4. The van der Waals surface area contributed by atoms with Crippen molar-refractivity contribution < 1.29 is 9.53 Å². The first-order chi connectivity index (χ1) is 15.6. The third-order valence-corrected chi connectivity index (χ3v) is 5.50. The number of ether oxygens (including phenoxy) is 1. The second kappa shape index (κ2) is 8.14. The Balaban J connectivity index is 1.42. The molecule has 0 aliphatic carbocycles. The number of amides is 1. The Labute approximate surface area is 184 Å². The predicted octanol–water partition coefficient (Wildman–Crippen LogP) is 3.70. The van der Waals surface area contributed by atoms with Gasteiger partial charge in [0.2, 0.25) is 5.91 Å². The molecule has 160 valence electrons. The molecule has 1 amide bonds. The van der Waals surface area contributed by atoms with Crippen molar-refractivity contribution in [1.82, 2.24) is 25.1 Å². The summed E-state index contributed by atoms with van der Waals surface area (Å²) < 4.78 is 7.71. The van der Waals surface area contributed by atoms with Crippen LogP contribution in [0.2, 0.25) is 0 Å². The van der Waals surface area contributed by atoms with E-state index in [0.29, 0.717) is 41.1 Å². The van der Waals surface area contributed by atoms with E-state index in [1.807, 2.05) is 59.3 Å². The molecule has 4 aromatic rings. The number of aromatic nitrogens is 4. The quantitative estimate of drug-likeness (QED) is 0.455. The molecule has 0 radical (unpaired) electrons. The second-order valence-electron chi connectivity index (χ2n) is 7.74.